The molecule has 0 aliphatic carbocycles. The highest BCUT2D eigenvalue weighted by Gasteiger charge is 2.01. The number of nitrogens with zero attached hydrogens (tertiary/aromatic N) is 1. The van der Waals surface area contributed by atoms with E-state index in [1.807, 2.05) is 0 Å². The van der Waals surface area contributed by atoms with Gasteiger partial charge < -0.3 is 10.5 Å². The van der Waals surface area contributed by atoms with E-state index < -0.39 is 5.91 Å². The first-order chi connectivity index (χ1) is 4.72. The molecule has 0 bridgehead atoms. The summed E-state index contributed by atoms with van der Waals surface area (Å²) in [5, 5.41) is 8.22. The van der Waals surface area contributed by atoms with Crippen molar-refractivity contribution in [1.29, 1.82) is 5.26 Å². The quantitative estimate of drug-likeness (QED) is 0.338. The molecule has 0 aromatic carbocycles. The summed E-state index contributed by atoms with van der Waals surface area (Å²) in [6, 6.07) is 1.60. The van der Waals surface area contributed by atoms with Gasteiger partial charge in [0.25, 0.3) is 5.91 Å². The fourth-order valence-electron chi connectivity index (χ4n) is 0.306. The number of amides is 1. The molecule has 0 saturated carbocycles. The summed E-state index contributed by atoms with van der Waals surface area (Å²) in [7, 11) is 0. The first-order valence-electron chi connectivity index (χ1n) is 2.74. The van der Waals surface area contributed by atoms with E-state index >= 15 is 0 Å². The van der Waals surface area contributed by atoms with Crippen molar-refractivity contribution in [3.8, 4) is 6.07 Å². The number of carbonyl (C=O) groups excluding carboxylic acids is 1. The minimum Gasteiger partial charge on any atom is -0.500 e. The highest BCUT2D eigenvalue weighted by Crippen LogP contribution is 1.89. The van der Waals surface area contributed by atoms with Crippen molar-refractivity contribution >= 4 is 5.91 Å². The predicted octanol–water partition coefficient (Wildman–Crippen LogP) is -0.0843. The van der Waals surface area contributed by atoms with Crippen LogP contribution in [0.2, 0.25) is 0 Å². The Kier molecular flexibility index (Phi) is 3.73. The van der Waals surface area contributed by atoms with Gasteiger partial charge in [-0.2, -0.15) is 5.26 Å². The van der Waals surface area contributed by atoms with Crippen LogP contribution >= 0.6 is 0 Å². The van der Waals surface area contributed by atoms with E-state index in [4.69, 9.17) is 11.0 Å². The summed E-state index contributed by atoms with van der Waals surface area (Å²) in [4.78, 5) is 10.3. The first-order valence-corrected chi connectivity index (χ1v) is 2.74. The number of carbonyl (C=O) groups is 1. The van der Waals surface area contributed by atoms with Gasteiger partial charge in [0.05, 0.1) is 6.61 Å². The Balaban J connectivity index is 4.09. The van der Waals surface area contributed by atoms with Crippen LogP contribution in [-0.4, -0.2) is 12.5 Å². The third-order valence-corrected chi connectivity index (χ3v) is 0.754. The number of ether oxygens (including phenoxy) is 1. The number of primary amides is 1. The van der Waals surface area contributed by atoms with E-state index in [0.29, 0.717) is 6.61 Å². The predicted molar refractivity (Wildman–Crippen MR) is 34.5 cm³/mol. The Bertz CT molecular complexity index is 190. The third-order valence-electron chi connectivity index (χ3n) is 0.754. The van der Waals surface area contributed by atoms with Gasteiger partial charge in [-0.25, -0.2) is 0 Å². The van der Waals surface area contributed by atoms with Crippen LogP contribution in [-0.2, 0) is 9.53 Å². The second-order valence-corrected chi connectivity index (χ2v) is 1.46. The van der Waals surface area contributed by atoms with Gasteiger partial charge in [0.2, 0.25) is 0 Å². The maximum atomic E-state index is 10.3. The van der Waals surface area contributed by atoms with Crippen molar-refractivity contribution in [2.45, 2.75) is 6.92 Å². The summed E-state index contributed by atoms with van der Waals surface area (Å²) in [6.45, 7) is 2.16. The molecule has 0 unspecified atom stereocenters. The molecule has 0 aromatic rings. The molecule has 0 aromatic heterocycles. The van der Waals surface area contributed by atoms with Crippen LogP contribution in [0.1, 0.15) is 6.92 Å². The maximum Gasteiger partial charge on any atom is 0.262 e. The SMILES string of the molecule is CCO/C=C(/C#N)C(N)=O. The van der Waals surface area contributed by atoms with Crippen molar-refractivity contribution in [2.75, 3.05) is 6.61 Å². The fraction of sp³-hybridized carbons (Fsp3) is 0.333. The zero-order valence-corrected chi connectivity index (χ0v) is 5.63. The van der Waals surface area contributed by atoms with Crippen LogP contribution in [0, 0.1) is 11.3 Å². The van der Waals surface area contributed by atoms with Crippen LogP contribution in [0.3, 0.4) is 0 Å². The van der Waals surface area contributed by atoms with Crippen LogP contribution in [0.15, 0.2) is 11.8 Å². The van der Waals surface area contributed by atoms with Crippen molar-refractivity contribution < 1.29 is 9.53 Å². The van der Waals surface area contributed by atoms with Gasteiger partial charge in [-0.3, -0.25) is 4.79 Å². The molecule has 0 rings (SSSR count). The molecule has 0 fully saturated rings. The van der Waals surface area contributed by atoms with Gasteiger partial charge in [0, 0.05) is 0 Å². The fourth-order valence-corrected chi connectivity index (χ4v) is 0.306. The lowest BCUT2D eigenvalue weighted by molar-refractivity contribution is -0.114. The molecule has 4 nitrogen and oxygen atoms in total. The minimum absolute atomic E-state index is 0.165. The van der Waals surface area contributed by atoms with E-state index in [1.54, 1.807) is 13.0 Å². The van der Waals surface area contributed by atoms with Crippen LogP contribution < -0.4 is 5.73 Å². The molecule has 4 heteroatoms. The molecule has 0 aliphatic heterocycles. The van der Waals surface area contributed by atoms with Crippen LogP contribution in [0.25, 0.3) is 0 Å². The van der Waals surface area contributed by atoms with E-state index in [0.717, 1.165) is 6.26 Å². The molecule has 1 amide bonds. The Labute approximate surface area is 58.9 Å². The second-order valence-electron chi connectivity index (χ2n) is 1.46. The Morgan fingerprint density at radius 3 is 2.80 bits per heavy atom. The Morgan fingerprint density at radius 1 is 1.90 bits per heavy atom. The van der Waals surface area contributed by atoms with Crippen molar-refractivity contribution in [3.63, 3.8) is 0 Å². The second kappa shape index (κ2) is 4.39. The molecule has 2 N–H and O–H groups in total. The van der Waals surface area contributed by atoms with E-state index in [2.05, 4.69) is 4.74 Å². The Hall–Kier alpha value is -1.50. The number of hydrogen-bond donors (Lipinski definition) is 1. The van der Waals surface area contributed by atoms with Crippen molar-refractivity contribution in [3.05, 3.63) is 11.8 Å². The number of nitriles is 1. The Morgan fingerprint density at radius 2 is 2.50 bits per heavy atom. The summed E-state index contributed by atoms with van der Waals surface area (Å²) in [6.07, 6.45) is 1.06. The summed E-state index contributed by atoms with van der Waals surface area (Å²) < 4.78 is 4.66. The van der Waals surface area contributed by atoms with E-state index in [9.17, 15) is 4.79 Å². The lowest BCUT2D eigenvalue weighted by Crippen LogP contribution is -2.12. The summed E-state index contributed by atoms with van der Waals surface area (Å²) >= 11 is 0. The largest absolute Gasteiger partial charge is 0.500 e. The molecule has 0 heterocycles. The van der Waals surface area contributed by atoms with Gasteiger partial charge in [-0.05, 0) is 6.92 Å². The highest BCUT2D eigenvalue weighted by atomic mass is 16.5. The van der Waals surface area contributed by atoms with E-state index in [-0.39, 0.29) is 5.57 Å². The molecule has 0 radical (unpaired) electrons. The molecule has 0 saturated heterocycles. The average Bonchev–Trinajstić information content (AvgIpc) is 1.89. The average molecular weight is 140 g/mol. The molecular weight excluding hydrogens is 132 g/mol. The zero-order chi connectivity index (χ0) is 7.98. The van der Waals surface area contributed by atoms with E-state index in [1.165, 1.54) is 0 Å². The minimum atomic E-state index is -0.768. The summed E-state index contributed by atoms with van der Waals surface area (Å²) in [5.41, 5.74) is 4.61. The lowest BCUT2D eigenvalue weighted by Gasteiger charge is -1.92. The molecule has 0 spiro atoms. The third kappa shape index (κ3) is 2.72. The van der Waals surface area contributed by atoms with Gasteiger partial charge >= 0.3 is 0 Å². The molecule has 10 heavy (non-hydrogen) atoms. The van der Waals surface area contributed by atoms with Gasteiger partial charge in [-0.1, -0.05) is 0 Å². The van der Waals surface area contributed by atoms with Crippen molar-refractivity contribution in [1.82, 2.24) is 0 Å². The molecule has 54 valence electrons. The van der Waals surface area contributed by atoms with Gasteiger partial charge in [-0.15, -0.1) is 0 Å². The van der Waals surface area contributed by atoms with Crippen molar-refractivity contribution in [2.24, 2.45) is 5.73 Å². The standard InChI is InChI=1S/C6H8N2O2/c1-2-10-4-5(3-7)6(8)9/h4H,2H2,1H3,(H2,8,9)/b5-4-. The molecule has 0 aliphatic rings. The molecule has 0 atom stereocenters. The monoisotopic (exact) mass is 140 g/mol. The zero-order valence-electron chi connectivity index (χ0n) is 5.63. The summed E-state index contributed by atoms with van der Waals surface area (Å²) in [5.74, 6) is -0.768. The van der Waals surface area contributed by atoms with Gasteiger partial charge in [0.1, 0.15) is 12.3 Å². The first kappa shape index (κ1) is 8.50. The van der Waals surface area contributed by atoms with Crippen LogP contribution in [0.5, 0.6) is 0 Å². The number of nitrogens with two attached hydrogens (primary N) is 1. The normalized spacial score (nSPS) is 10.2. The molecular formula is C6H8N2O2. The highest BCUT2D eigenvalue weighted by molar-refractivity contribution is 5.95. The smallest absolute Gasteiger partial charge is 0.262 e. The maximum absolute atomic E-state index is 10.3. The number of rotatable bonds is 3. The lowest BCUT2D eigenvalue weighted by atomic mass is 10.3. The topological polar surface area (TPSA) is 76.1 Å². The number of hydrogen-bond acceptors (Lipinski definition) is 3. The van der Waals surface area contributed by atoms with Gasteiger partial charge in [0.15, 0.2) is 5.57 Å². The van der Waals surface area contributed by atoms with Crippen LogP contribution in [0.4, 0.5) is 0 Å².